The summed E-state index contributed by atoms with van der Waals surface area (Å²) in [5.41, 5.74) is 2.73. The molecule has 1 heterocycles. The fraction of sp³-hybridized carbons (Fsp3) is 0.722. The minimum absolute atomic E-state index is 0.487. The standard InChI is InChI=1S/C18H29N3/c1-21(16-8-3-2-4-9-16)14-6-13-19-17-11-10-15-7-5-12-20-18(15)17/h5,7,12,16-17,19H,2-4,6,8-11,13-14H2,1H3. The molecule has 1 aromatic rings. The van der Waals surface area contributed by atoms with Gasteiger partial charge in [-0.15, -0.1) is 0 Å². The lowest BCUT2D eigenvalue weighted by atomic mass is 9.94. The maximum absolute atomic E-state index is 4.56. The van der Waals surface area contributed by atoms with Crippen LogP contribution in [0.3, 0.4) is 0 Å². The molecule has 1 aromatic heterocycles. The molecule has 0 aliphatic heterocycles. The Balaban J connectivity index is 1.37. The summed E-state index contributed by atoms with van der Waals surface area (Å²) in [6.45, 7) is 2.33. The lowest BCUT2D eigenvalue weighted by molar-refractivity contribution is 0.189. The summed E-state index contributed by atoms with van der Waals surface area (Å²) in [6, 6.07) is 5.61. The van der Waals surface area contributed by atoms with E-state index in [1.54, 1.807) is 0 Å². The minimum Gasteiger partial charge on any atom is -0.309 e. The van der Waals surface area contributed by atoms with E-state index in [-0.39, 0.29) is 0 Å². The van der Waals surface area contributed by atoms with Crippen molar-refractivity contribution in [2.45, 2.75) is 63.5 Å². The highest BCUT2D eigenvalue weighted by atomic mass is 15.1. The number of aryl methyl sites for hydroxylation is 1. The van der Waals surface area contributed by atoms with Crippen molar-refractivity contribution in [1.29, 1.82) is 0 Å². The van der Waals surface area contributed by atoms with Gasteiger partial charge in [-0.25, -0.2) is 0 Å². The van der Waals surface area contributed by atoms with E-state index < -0.39 is 0 Å². The van der Waals surface area contributed by atoms with Crippen LogP contribution in [0, 0.1) is 0 Å². The molecule has 0 radical (unpaired) electrons. The van der Waals surface area contributed by atoms with Crippen LogP contribution in [-0.2, 0) is 6.42 Å². The normalized spacial score (nSPS) is 22.7. The van der Waals surface area contributed by atoms with Crippen molar-refractivity contribution in [3.05, 3.63) is 29.6 Å². The van der Waals surface area contributed by atoms with Crippen LogP contribution in [-0.4, -0.2) is 36.1 Å². The Hall–Kier alpha value is -0.930. The van der Waals surface area contributed by atoms with Gasteiger partial charge < -0.3 is 10.2 Å². The van der Waals surface area contributed by atoms with Crippen LogP contribution in [0.2, 0.25) is 0 Å². The Bertz CT molecular complexity index is 440. The summed E-state index contributed by atoms with van der Waals surface area (Å²) >= 11 is 0. The van der Waals surface area contributed by atoms with Gasteiger partial charge >= 0.3 is 0 Å². The van der Waals surface area contributed by atoms with Gasteiger partial charge in [-0.1, -0.05) is 25.3 Å². The summed E-state index contributed by atoms with van der Waals surface area (Å²) in [6.07, 6.45) is 12.7. The number of rotatable bonds is 6. The van der Waals surface area contributed by atoms with Crippen molar-refractivity contribution in [2.75, 3.05) is 20.1 Å². The topological polar surface area (TPSA) is 28.2 Å². The van der Waals surface area contributed by atoms with Crippen molar-refractivity contribution in [3.8, 4) is 0 Å². The van der Waals surface area contributed by atoms with Crippen molar-refractivity contribution < 1.29 is 0 Å². The minimum atomic E-state index is 0.487. The number of nitrogens with zero attached hydrogens (tertiary/aromatic N) is 2. The van der Waals surface area contributed by atoms with Crippen LogP contribution in [0.5, 0.6) is 0 Å². The molecule has 1 saturated carbocycles. The number of nitrogens with one attached hydrogen (secondary N) is 1. The summed E-state index contributed by atoms with van der Waals surface area (Å²) in [4.78, 5) is 7.14. The molecule has 116 valence electrons. The summed E-state index contributed by atoms with van der Waals surface area (Å²) in [5, 5.41) is 3.71. The second kappa shape index (κ2) is 7.37. The first-order valence-corrected chi connectivity index (χ1v) is 8.72. The van der Waals surface area contributed by atoms with Crippen LogP contribution >= 0.6 is 0 Å². The molecule has 2 aliphatic rings. The van der Waals surface area contributed by atoms with E-state index in [9.17, 15) is 0 Å². The van der Waals surface area contributed by atoms with Gasteiger partial charge in [0.05, 0.1) is 11.7 Å². The van der Waals surface area contributed by atoms with Gasteiger partial charge in [-0.3, -0.25) is 4.98 Å². The highest BCUT2D eigenvalue weighted by Crippen LogP contribution is 2.28. The summed E-state index contributed by atoms with van der Waals surface area (Å²) in [7, 11) is 2.31. The highest BCUT2D eigenvalue weighted by molar-refractivity contribution is 5.27. The maximum Gasteiger partial charge on any atom is 0.0605 e. The zero-order chi connectivity index (χ0) is 14.5. The highest BCUT2D eigenvalue weighted by Gasteiger charge is 2.22. The van der Waals surface area contributed by atoms with Crippen LogP contribution < -0.4 is 5.32 Å². The van der Waals surface area contributed by atoms with Crippen LogP contribution in [0.4, 0.5) is 0 Å². The molecule has 3 nitrogen and oxygen atoms in total. The predicted molar refractivity (Wildman–Crippen MR) is 87.4 cm³/mol. The lowest BCUT2D eigenvalue weighted by Crippen LogP contribution is -2.35. The lowest BCUT2D eigenvalue weighted by Gasteiger charge is -2.31. The molecule has 1 fully saturated rings. The molecule has 1 atom stereocenters. The molecule has 0 amide bonds. The number of hydrogen-bond acceptors (Lipinski definition) is 3. The van der Waals surface area contributed by atoms with E-state index in [0.717, 1.165) is 12.6 Å². The first kappa shape index (κ1) is 15.0. The molecule has 0 aromatic carbocycles. The van der Waals surface area contributed by atoms with Crippen LogP contribution in [0.25, 0.3) is 0 Å². The monoisotopic (exact) mass is 287 g/mol. The second-order valence-electron chi connectivity index (χ2n) is 6.72. The Morgan fingerprint density at radius 2 is 2.10 bits per heavy atom. The third-order valence-corrected chi connectivity index (χ3v) is 5.23. The number of fused-ring (bicyclic) bond motifs is 1. The van der Waals surface area contributed by atoms with E-state index in [1.165, 1.54) is 69.2 Å². The third-order valence-electron chi connectivity index (χ3n) is 5.23. The van der Waals surface area contributed by atoms with E-state index in [2.05, 4.69) is 34.4 Å². The van der Waals surface area contributed by atoms with Crippen LogP contribution in [0.15, 0.2) is 18.3 Å². The van der Waals surface area contributed by atoms with E-state index >= 15 is 0 Å². The van der Waals surface area contributed by atoms with Gasteiger partial charge in [-0.2, -0.15) is 0 Å². The Kier molecular flexibility index (Phi) is 5.26. The maximum atomic E-state index is 4.56. The van der Waals surface area contributed by atoms with Gasteiger partial charge in [0.15, 0.2) is 0 Å². The first-order valence-electron chi connectivity index (χ1n) is 8.72. The molecular formula is C18H29N3. The molecule has 21 heavy (non-hydrogen) atoms. The molecule has 3 heteroatoms. The fourth-order valence-electron chi connectivity index (χ4n) is 3.92. The third kappa shape index (κ3) is 3.83. The van der Waals surface area contributed by atoms with Gasteiger partial charge in [0.2, 0.25) is 0 Å². The summed E-state index contributed by atoms with van der Waals surface area (Å²) in [5.74, 6) is 0. The number of pyridine rings is 1. The molecule has 0 saturated heterocycles. The first-order chi connectivity index (χ1) is 10.3. The fourth-order valence-corrected chi connectivity index (χ4v) is 3.92. The molecular weight excluding hydrogens is 258 g/mol. The Labute approximate surface area is 129 Å². The largest absolute Gasteiger partial charge is 0.309 e. The van der Waals surface area contributed by atoms with Gasteiger partial charge in [-0.05, 0) is 63.9 Å². The average molecular weight is 287 g/mol. The van der Waals surface area contributed by atoms with Crippen molar-refractivity contribution in [1.82, 2.24) is 15.2 Å². The second-order valence-corrected chi connectivity index (χ2v) is 6.72. The molecule has 2 aliphatic carbocycles. The molecule has 1 N–H and O–H groups in total. The Morgan fingerprint density at radius 3 is 2.95 bits per heavy atom. The summed E-state index contributed by atoms with van der Waals surface area (Å²) < 4.78 is 0. The number of aromatic nitrogens is 1. The van der Waals surface area contributed by atoms with E-state index in [4.69, 9.17) is 0 Å². The Morgan fingerprint density at radius 1 is 1.24 bits per heavy atom. The zero-order valence-corrected chi connectivity index (χ0v) is 13.4. The van der Waals surface area contributed by atoms with Crippen molar-refractivity contribution in [2.24, 2.45) is 0 Å². The molecule has 0 spiro atoms. The van der Waals surface area contributed by atoms with E-state index in [0.29, 0.717) is 6.04 Å². The molecule has 0 bridgehead atoms. The average Bonchev–Trinajstić information content (AvgIpc) is 2.95. The van der Waals surface area contributed by atoms with Crippen molar-refractivity contribution in [3.63, 3.8) is 0 Å². The van der Waals surface area contributed by atoms with Gasteiger partial charge in [0.1, 0.15) is 0 Å². The van der Waals surface area contributed by atoms with E-state index in [1.807, 2.05) is 6.20 Å². The number of hydrogen-bond donors (Lipinski definition) is 1. The smallest absolute Gasteiger partial charge is 0.0605 e. The predicted octanol–water partition coefficient (Wildman–Crippen LogP) is 3.31. The zero-order valence-electron chi connectivity index (χ0n) is 13.4. The quantitative estimate of drug-likeness (QED) is 0.814. The van der Waals surface area contributed by atoms with Gasteiger partial charge in [0.25, 0.3) is 0 Å². The molecule has 1 unspecified atom stereocenters. The molecule has 3 rings (SSSR count). The van der Waals surface area contributed by atoms with Crippen molar-refractivity contribution >= 4 is 0 Å². The van der Waals surface area contributed by atoms with Crippen LogP contribution in [0.1, 0.15) is 62.2 Å². The van der Waals surface area contributed by atoms with Gasteiger partial charge in [0, 0.05) is 12.2 Å². The SMILES string of the molecule is CN(CCCNC1CCc2cccnc21)C1CCCCC1.